The molecule has 0 aromatic heterocycles. The fourth-order valence-electron chi connectivity index (χ4n) is 4.70. The van der Waals surface area contributed by atoms with Gasteiger partial charge in [-0.15, -0.1) is 0 Å². The molecule has 0 atom stereocenters. The maximum absolute atomic E-state index is 10.2. The first-order valence-electron chi connectivity index (χ1n) is 17.2. The summed E-state index contributed by atoms with van der Waals surface area (Å²) in [5.41, 5.74) is 0. The molecule has 0 unspecified atom stereocenters. The molecule has 0 bridgehead atoms. The second-order valence-corrected chi connectivity index (χ2v) is 11.4. The van der Waals surface area contributed by atoms with Crippen molar-refractivity contribution in [1.82, 2.24) is 0 Å². The molecule has 0 heterocycles. The van der Waals surface area contributed by atoms with E-state index in [1.54, 1.807) is 0 Å². The molecule has 0 N–H and O–H groups in total. The number of carboxylic acid groups (broad SMARTS) is 2. The summed E-state index contributed by atoms with van der Waals surface area (Å²) in [6, 6.07) is 0. The van der Waals surface area contributed by atoms with Crippen LogP contribution < -0.4 is 10.2 Å². The zero-order valence-corrected chi connectivity index (χ0v) is 30.4. The Labute approximate surface area is 268 Å². The molecule has 0 fully saturated rings. The van der Waals surface area contributed by atoms with Crippen LogP contribution in [-0.4, -0.2) is 11.9 Å². The molecule has 0 amide bonds. The molecule has 0 radical (unpaired) electrons. The van der Waals surface area contributed by atoms with E-state index < -0.39 is 11.9 Å². The molecular formula is C36H66O4Zn. The SMILES string of the molecule is CCCC=CCCCCCCCCCCCCC(=O)[O-].CCCC=CCCCCCCCCCCCCC(=O)[O-].[Zn+2]. The van der Waals surface area contributed by atoms with Crippen LogP contribution in [0.2, 0.25) is 0 Å². The predicted octanol–water partition coefficient (Wildman–Crippen LogP) is 9.55. The zero-order chi connectivity index (χ0) is 29.8. The van der Waals surface area contributed by atoms with Crippen LogP contribution in [0, 0.1) is 0 Å². The monoisotopic (exact) mass is 626 g/mol. The molecule has 0 aromatic rings. The van der Waals surface area contributed by atoms with Crippen LogP contribution in [0.3, 0.4) is 0 Å². The summed E-state index contributed by atoms with van der Waals surface area (Å²) in [5.74, 6) is -1.82. The molecule has 0 rings (SSSR count). The van der Waals surface area contributed by atoms with Crippen molar-refractivity contribution < 1.29 is 39.3 Å². The van der Waals surface area contributed by atoms with E-state index in [1.165, 1.54) is 141 Å². The zero-order valence-electron chi connectivity index (χ0n) is 27.4. The fourth-order valence-corrected chi connectivity index (χ4v) is 4.70. The van der Waals surface area contributed by atoms with Crippen molar-refractivity contribution >= 4 is 11.9 Å². The maximum atomic E-state index is 10.2. The molecule has 4 nitrogen and oxygen atoms in total. The molecule has 0 saturated carbocycles. The average Bonchev–Trinajstić information content (AvgIpc) is 2.93. The number of unbranched alkanes of at least 4 members (excludes halogenated alkanes) is 22. The van der Waals surface area contributed by atoms with E-state index in [9.17, 15) is 19.8 Å². The number of aliphatic carboxylic acids is 2. The smallest absolute Gasteiger partial charge is 0.550 e. The topological polar surface area (TPSA) is 80.3 Å². The van der Waals surface area contributed by atoms with E-state index in [1.807, 2.05) is 0 Å². The fraction of sp³-hybridized carbons (Fsp3) is 0.833. The van der Waals surface area contributed by atoms with Crippen LogP contribution in [0.5, 0.6) is 0 Å². The Kier molecular flexibility index (Phi) is 44.7. The first kappa shape index (κ1) is 44.5. The van der Waals surface area contributed by atoms with Crippen molar-refractivity contribution in [2.75, 3.05) is 0 Å². The molecule has 0 aromatic carbocycles. The third kappa shape index (κ3) is 49.1. The van der Waals surface area contributed by atoms with Gasteiger partial charge in [-0.1, -0.05) is 154 Å². The molecule has 5 heteroatoms. The minimum atomic E-state index is -0.908. The van der Waals surface area contributed by atoms with Gasteiger partial charge >= 0.3 is 19.5 Å². The number of rotatable bonds is 30. The molecule has 0 aliphatic rings. The maximum Gasteiger partial charge on any atom is 2.00 e. The van der Waals surface area contributed by atoms with E-state index in [2.05, 4.69) is 38.2 Å². The van der Waals surface area contributed by atoms with Crippen LogP contribution in [0.4, 0.5) is 0 Å². The Morgan fingerprint density at radius 1 is 0.390 bits per heavy atom. The molecule has 41 heavy (non-hydrogen) atoms. The Hall–Kier alpha value is -0.957. The van der Waals surface area contributed by atoms with Gasteiger partial charge in [-0.3, -0.25) is 0 Å². The number of carbonyl (C=O) groups excluding carboxylic acids is 2. The number of hydrogen-bond acceptors (Lipinski definition) is 4. The molecule has 236 valence electrons. The van der Waals surface area contributed by atoms with Crippen molar-refractivity contribution in [2.45, 2.75) is 194 Å². The van der Waals surface area contributed by atoms with E-state index in [0.29, 0.717) is 0 Å². The average molecular weight is 628 g/mol. The Balaban J connectivity index is -0.000000688. The minimum Gasteiger partial charge on any atom is -0.550 e. The van der Waals surface area contributed by atoms with Gasteiger partial charge in [0.2, 0.25) is 0 Å². The Bertz CT molecular complexity index is 524. The summed E-state index contributed by atoms with van der Waals surface area (Å²) in [5, 5.41) is 20.4. The summed E-state index contributed by atoms with van der Waals surface area (Å²) in [6.45, 7) is 4.43. The van der Waals surface area contributed by atoms with Crippen molar-refractivity contribution in [2.24, 2.45) is 0 Å². The van der Waals surface area contributed by atoms with E-state index >= 15 is 0 Å². The number of hydrogen-bond donors (Lipinski definition) is 0. The number of allylic oxidation sites excluding steroid dienone is 4. The quantitative estimate of drug-likeness (QED) is 0.0451. The Morgan fingerprint density at radius 2 is 0.610 bits per heavy atom. The molecule has 0 aliphatic carbocycles. The molecule has 0 aliphatic heterocycles. The third-order valence-corrected chi connectivity index (χ3v) is 7.25. The van der Waals surface area contributed by atoms with Gasteiger partial charge in [0.15, 0.2) is 0 Å². The normalized spacial score (nSPS) is 11.0. The van der Waals surface area contributed by atoms with Crippen molar-refractivity contribution in [1.29, 1.82) is 0 Å². The first-order chi connectivity index (χ1) is 19.5. The summed E-state index contributed by atoms with van der Waals surface area (Å²) < 4.78 is 0. The molecular weight excluding hydrogens is 562 g/mol. The van der Waals surface area contributed by atoms with Crippen LogP contribution in [-0.2, 0) is 29.1 Å². The summed E-state index contributed by atoms with van der Waals surface area (Å²) in [4.78, 5) is 20.4. The molecule has 0 spiro atoms. The largest absolute Gasteiger partial charge is 2.00 e. The number of carbonyl (C=O) groups is 2. The number of carboxylic acids is 2. The summed E-state index contributed by atoms with van der Waals surface area (Å²) >= 11 is 0. The van der Waals surface area contributed by atoms with Crippen molar-refractivity contribution in [3.05, 3.63) is 24.3 Å². The van der Waals surface area contributed by atoms with Crippen LogP contribution in [0.15, 0.2) is 24.3 Å². The van der Waals surface area contributed by atoms with Gasteiger partial charge in [0.05, 0.1) is 0 Å². The minimum absolute atomic E-state index is 0. The van der Waals surface area contributed by atoms with Gasteiger partial charge in [-0.25, -0.2) is 0 Å². The summed E-state index contributed by atoms with van der Waals surface area (Å²) in [6.07, 6.45) is 41.8. The van der Waals surface area contributed by atoms with Crippen LogP contribution >= 0.6 is 0 Å². The van der Waals surface area contributed by atoms with Crippen molar-refractivity contribution in [3.63, 3.8) is 0 Å². The standard InChI is InChI=1S/2C18H34O2.Zn/c2*1-2-3-4-5-6-7-8-9-10-11-12-13-14-15-16-17-18(19)20;/h2*4-5H,2-3,6-17H2,1H3,(H,19,20);/q;;+2/p-2. The van der Waals surface area contributed by atoms with E-state index in [-0.39, 0.29) is 32.3 Å². The van der Waals surface area contributed by atoms with Crippen LogP contribution in [0.25, 0.3) is 0 Å². The van der Waals surface area contributed by atoms with Gasteiger partial charge in [0.25, 0.3) is 0 Å². The third-order valence-electron chi connectivity index (χ3n) is 7.25. The summed E-state index contributed by atoms with van der Waals surface area (Å²) in [7, 11) is 0. The van der Waals surface area contributed by atoms with Crippen LogP contribution in [0.1, 0.15) is 194 Å². The predicted molar refractivity (Wildman–Crippen MR) is 169 cm³/mol. The molecule has 0 saturated heterocycles. The van der Waals surface area contributed by atoms with E-state index in [0.717, 1.165) is 25.7 Å². The first-order valence-corrected chi connectivity index (χ1v) is 17.2. The van der Waals surface area contributed by atoms with Gasteiger partial charge < -0.3 is 19.8 Å². The van der Waals surface area contributed by atoms with E-state index in [4.69, 9.17) is 0 Å². The van der Waals surface area contributed by atoms with Crippen molar-refractivity contribution in [3.8, 4) is 0 Å². The van der Waals surface area contributed by atoms with Gasteiger partial charge in [0, 0.05) is 11.9 Å². The Morgan fingerprint density at radius 3 is 0.854 bits per heavy atom. The second-order valence-electron chi connectivity index (χ2n) is 11.4. The van der Waals surface area contributed by atoms with Gasteiger partial charge in [-0.2, -0.15) is 0 Å². The second kappa shape index (κ2) is 41.2. The van der Waals surface area contributed by atoms with Gasteiger partial charge in [0.1, 0.15) is 0 Å². The van der Waals surface area contributed by atoms with Gasteiger partial charge in [-0.05, 0) is 64.2 Å².